The van der Waals surface area contributed by atoms with Crippen LogP contribution in [0, 0.1) is 0 Å². The number of hydrogen-bond donors (Lipinski definition) is 1. The van der Waals surface area contributed by atoms with Crippen LogP contribution in [-0.2, 0) is 6.61 Å². The Morgan fingerprint density at radius 2 is 1.94 bits per heavy atom. The van der Waals surface area contributed by atoms with Crippen molar-refractivity contribution in [2.45, 2.75) is 20.5 Å². The molecular formula is C14H23NO3. The average molecular weight is 253 g/mol. The molecule has 0 fully saturated rings. The first kappa shape index (κ1) is 14.8. The molecule has 4 heteroatoms. The highest BCUT2D eigenvalue weighted by Crippen LogP contribution is 2.24. The molecule has 1 N–H and O–H groups in total. The molecule has 4 nitrogen and oxygen atoms in total. The summed E-state index contributed by atoms with van der Waals surface area (Å²) < 4.78 is 10.8. The van der Waals surface area contributed by atoms with Gasteiger partial charge in [0.15, 0.2) is 0 Å². The third-order valence-corrected chi connectivity index (χ3v) is 3.00. The van der Waals surface area contributed by atoms with E-state index >= 15 is 0 Å². The molecule has 1 rings (SSSR count). The number of rotatable bonds is 8. The zero-order valence-electron chi connectivity index (χ0n) is 11.5. The van der Waals surface area contributed by atoms with E-state index in [4.69, 9.17) is 9.47 Å². The molecule has 102 valence electrons. The number of nitrogens with zero attached hydrogens (tertiary/aromatic N) is 1. The Balaban J connectivity index is 2.56. The molecule has 0 aliphatic carbocycles. The average Bonchev–Trinajstić information content (AvgIpc) is 2.43. The fraction of sp³-hybridized carbons (Fsp3) is 0.571. The summed E-state index contributed by atoms with van der Waals surface area (Å²) >= 11 is 0. The van der Waals surface area contributed by atoms with E-state index in [9.17, 15) is 5.11 Å². The molecule has 18 heavy (non-hydrogen) atoms. The molecule has 0 aromatic heterocycles. The van der Waals surface area contributed by atoms with Crippen LogP contribution in [0.3, 0.4) is 0 Å². The van der Waals surface area contributed by atoms with Crippen LogP contribution in [0.25, 0.3) is 0 Å². The van der Waals surface area contributed by atoms with E-state index in [2.05, 4.69) is 18.7 Å². The summed E-state index contributed by atoms with van der Waals surface area (Å²) in [6.45, 7) is 7.79. The van der Waals surface area contributed by atoms with Gasteiger partial charge in [-0.2, -0.15) is 0 Å². The van der Waals surface area contributed by atoms with E-state index in [1.807, 2.05) is 12.1 Å². The first-order valence-electron chi connectivity index (χ1n) is 6.38. The predicted octanol–water partition coefficient (Wildman–Crippen LogP) is 1.91. The highest BCUT2D eigenvalue weighted by molar-refractivity contribution is 5.39. The van der Waals surface area contributed by atoms with E-state index < -0.39 is 0 Å². The molecular weight excluding hydrogens is 230 g/mol. The van der Waals surface area contributed by atoms with Crippen molar-refractivity contribution >= 4 is 0 Å². The second-order valence-electron chi connectivity index (χ2n) is 4.01. The number of aliphatic hydroxyl groups is 1. The second kappa shape index (κ2) is 7.95. The van der Waals surface area contributed by atoms with Gasteiger partial charge in [-0.25, -0.2) is 0 Å². The van der Waals surface area contributed by atoms with E-state index in [1.54, 1.807) is 13.2 Å². The fourth-order valence-electron chi connectivity index (χ4n) is 1.77. The van der Waals surface area contributed by atoms with Crippen LogP contribution < -0.4 is 9.47 Å². The summed E-state index contributed by atoms with van der Waals surface area (Å²) in [4.78, 5) is 2.29. The molecule has 0 spiro atoms. The van der Waals surface area contributed by atoms with Gasteiger partial charge in [-0.15, -0.1) is 0 Å². The van der Waals surface area contributed by atoms with Crippen LogP contribution in [0.4, 0.5) is 0 Å². The van der Waals surface area contributed by atoms with Crippen molar-refractivity contribution in [1.29, 1.82) is 0 Å². The molecule has 0 unspecified atom stereocenters. The quantitative estimate of drug-likeness (QED) is 0.768. The van der Waals surface area contributed by atoms with Crippen LogP contribution in [0.1, 0.15) is 19.4 Å². The second-order valence-corrected chi connectivity index (χ2v) is 4.01. The zero-order valence-corrected chi connectivity index (χ0v) is 11.5. The molecule has 0 radical (unpaired) electrons. The topological polar surface area (TPSA) is 41.9 Å². The lowest BCUT2D eigenvalue weighted by molar-refractivity contribution is 0.215. The van der Waals surface area contributed by atoms with Crippen molar-refractivity contribution < 1.29 is 14.6 Å². The molecule has 0 heterocycles. The minimum absolute atomic E-state index is 0.0438. The molecule has 0 atom stereocenters. The Bertz CT molecular complexity index is 351. The van der Waals surface area contributed by atoms with E-state index in [-0.39, 0.29) is 6.61 Å². The van der Waals surface area contributed by atoms with Crippen LogP contribution >= 0.6 is 0 Å². The maximum absolute atomic E-state index is 9.29. The van der Waals surface area contributed by atoms with Crippen molar-refractivity contribution in [2.24, 2.45) is 0 Å². The fourth-order valence-corrected chi connectivity index (χ4v) is 1.77. The van der Waals surface area contributed by atoms with Gasteiger partial charge in [0.1, 0.15) is 18.1 Å². The van der Waals surface area contributed by atoms with Gasteiger partial charge in [-0.3, -0.25) is 0 Å². The highest BCUT2D eigenvalue weighted by Gasteiger charge is 2.06. The number of methoxy groups -OCH3 is 1. The summed E-state index contributed by atoms with van der Waals surface area (Å²) in [5.74, 6) is 1.46. The van der Waals surface area contributed by atoms with Gasteiger partial charge in [-0.1, -0.05) is 13.8 Å². The molecule has 0 saturated heterocycles. The Labute approximate surface area is 109 Å². The number of likely N-dealkylation sites (N-methyl/N-ethyl adjacent to an activating group) is 1. The molecule has 0 aliphatic heterocycles. The van der Waals surface area contributed by atoms with Crippen molar-refractivity contribution in [3.63, 3.8) is 0 Å². The lowest BCUT2D eigenvalue weighted by Gasteiger charge is -2.18. The van der Waals surface area contributed by atoms with Gasteiger partial charge in [0.2, 0.25) is 0 Å². The van der Waals surface area contributed by atoms with Crippen LogP contribution in [-0.4, -0.2) is 43.4 Å². The van der Waals surface area contributed by atoms with Crippen molar-refractivity contribution in [3.8, 4) is 11.5 Å². The zero-order chi connectivity index (χ0) is 13.4. The largest absolute Gasteiger partial charge is 0.497 e. The molecule has 0 saturated carbocycles. The number of aliphatic hydroxyl groups excluding tert-OH is 1. The molecule has 0 amide bonds. The van der Waals surface area contributed by atoms with Crippen LogP contribution in [0.15, 0.2) is 18.2 Å². The Morgan fingerprint density at radius 3 is 2.50 bits per heavy atom. The summed E-state index contributed by atoms with van der Waals surface area (Å²) in [7, 11) is 1.61. The molecule has 1 aromatic carbocycles. The van der Waals surface area contributed by atoms with E-state index in [0.29, 0.717) is 6.61 Å². The van der Waals surface area contributed by atoms with Crippen molar-refractivity contribution in [2.75, 3.05) is 33.4 Å². The first-order valence-corrected chi connectivity index (χ1v) is 6.38. The molecule has 0 bridgehead atoms. The number of ether oxygens (including phenoxy) is 2. The maximum Gasteiger partial charge on any atom is 0.125 e. The van der Waals surface area contributed by atoms with Crippen molar-refractivity contribution in [3.05, 3.63) is 23.8 Å². The SMILES string of the molecule is CCN(CC)CCOc1ccc(OC)cc1CO. The van der Waals surface area contributed by atoms with Crippen LogP contribution in [0.2, 0.25) is 0 Å². The number of hydrogen-bond acceptors (Lipinski definition) is 4. The lowest BCUT2D eigenvalue weighted by atomic mass is 10.2. The van der Waals surface area contributed by atoms with Gasteiger partial charge in [0, 0.05) is 12.1 Å². The summed E-state index contributed by atoms with van der Waals surface area (Å²) in [6, 6.07) is 5.48. The Morgan fingerprint density at radius 1 is 1.22 bits per heavy atom. The summed E-state index contributed by atoms with van der Waals surface area (Å²) in [5.41, 5.74) is 0.758. The lowest BCUT2D eigenvalue weighted by Crippen LogP contribution is -2.28. The van der Waals surface area contributed by atoms with E-state index in [1.165, 1.54) is 0 Å². The van der Waals surface area contributed by atoms with Gasteiger partial charge < -0.3 is 19.5 Å². The molecule has 1 aromatic rings. The Hall–Kier alpha value is -1.26. The van der Waals surface area contributed by atoms with Gasteiger partial charge in [0.25, 0.3) is 0 Å². The minimum Gasteiger partial charge on any atom is -0.497 e. The maximum atomic E-state index is 9.29. The summed E-state index contributed by atoms with van der Waals surface area (Å²) in [6.07, 6.45) is 0. The standard InChI is InChI=1S/C14H23NO3/c1-4-15(5-2)8-9-18-14-7-6-13(17-3)10-12(14)11-16/h6-7,10,16H,4-5,8-9,11H2,1-3H3. The molecule has 0 aliphatic rings. The van der Waals surface area contributed by atoms with E-state index in [0.717, 1.165) is 36.7 Å². The highest BCUT2D eigenvalue weighted by atomic mass is 16.5. The monoisotopic (exact) mass is 253 g/mol. The van der Waals surface area contributed by atoms with Gasteiger partial charge in [0.05, 0.1) is 13.7 Å². The third kappa shape index (κ3) is 4.20. The predicted molar refractivity (Wildman–Crippen MR) is 72.2 cm³/mol. The van der Waals surface area contributed by atoms with Crippen molar-refractivity contribution in [1.82, 2.24) is 4.90 Å². The minimum atomic E-state index is -0.0438. The third-order valence-electron chi connectivity index (χ3n) is 3.00. The van der Waals surface area contributed by atoms with Crippen LogP contribution in [0.5, 0.6) is 11.5 Å². The smallest absolute Gasteiger partial charge is 0.125 e. The summed E-state index contributed by atoms with van der Waals surface area (Å²) in [5, 5.41) is 9.29. The Kier molecular flexibility index (Phi) is 6.54. The van der Waals surface area contributed by atoms with Gasteiger partial charge in [-0.05, 0) is 31.3 Å². The normalized spacial score (nSPS) is 10.7. The van der Waals surface area contributed by atoms with Gasteiger partial charge >= 0.3 is 0 Å². The first-order chi connectivity index (χ1) is 8.74. The number of benzene rings is 1.